The molecule has 1 fully saturated rings. The summed E-state index contributed by atoms with van der Waals surface area (Å²) in [5.41, 5.74) is 4.73. The number of rotatable bonds is 2. The van der Waals surface area contributed by atoms with E-state index in [-0.39, 0.29) is 12.1 Å². The first kappa shape index (κ1) is 35.6. The topological polar surface area (TPSA) is 178 Å². The van der Waals surface area contributed by atoms with Gasteiger partial charge < -0.3 is 36.8 Å². The number of hydrogen-bond acceptors (Lipinski definition) is 8. The number of carbonyl (C=O) groups is 3. The number of hydrogen-bond donors (Lipinski definition) is 7. The molecule has 5 rings (SSSR count). The van der Waals surface area contributed by atoms with Crippen LogP contribution < -0.4 is 26.6 Å². The number of carbonyl (C=O) groups excluding carboxylic acids is 1. The summed E-state index contributed by atoms with van der Waals surface area (Å²) < 4.78 is 63.5. The van der Waals surface area contributed by atoms with E-state index in [0.29, 0.717) is 16.8 Å². The number of aryl methyl sites for hydroxylation is 2. The molecule has 3 heterocycles. The highest BCUT2D eigenvalue weighted by Crippen LogP contribution is 2.29. The Morgan fingerprint density at radius 1 is 0.913 bits per heavy atom. The predicted octanol–water partition coefficient (Wildman–Crippen LogP) is 5.47. The number of amides is 2. The Labute approximate surface area is 261 Å². The summed E-state index contributed by atoms with van der Waals surface area (Å²) in [6.07, 6.45) is -6.07. The summed E-state index contributed by atoms with van der Waals surface area (Å²) in [7, 11) is 0. The number of urea groups is 1. The fraction of sp³-hybridized carbons (Fsp3) is 0.296. The number of aromatic nitrogens is 2. The number of nitrogens with one attached hydrogen (secondary N) is 5. The molecule has 1 atom stereocenters. The molecule has 2 aliphatic heterocycles. The largest absolute Gasteiger partial charge is 0.490 e. The van der Waals surface area contributed by atoms with Crippen molar-refractivity contribution in [3.63, 3.8) is 0 Å². The maximum absolute atomic E-state index is 12.6. The van der Waals surface area contributed by atoms with E-state index in [4.69, 9.17) is 31.4 Å². The molecule has 12 nitrogen and oxygen atoms in total. The van der Waals surface area contributed by atoms with Crippen molar-refractivity contribution < 1.29 is 50.9 Å². The molecule has 0 spiro atoms. The number of fused-ring (bicyclic) bond motifs is 6. The van der Waals surface area contributed by atoms with E-state index in [2.05, 4.69) is 48.7 Å². The van der Waals surface area contributed by atoms with Gasteiger partial charge in [0.2, 0.25) is 5.95 Å². The maximum atomic E-state index is 12.6. The van der Waals surface area contributed by atoms with Crippen molar-refractivity contribution in [2.75, 3.05) is 29.0 Å². The predicted molar refractivity (Wildman–Crippen MR) is 155 cm³/mol. The van der Waals surface area contributed by atoms with Crippen LogP contribution in [0.2, 0.25) is 5.02 Å². The number of nitrogens with zero attached hydrogens (tertiary/aromatic N) is 2. The molecule has 2 aromatic carbocycles. The molecule has 0 aliphatic carbocycles. The van der Waals surface area contributed by atoms with Gasteiger partial charge in [-0.2, -0.15) is 31.3 Å². The lowest BCUT2D eigenvalue weighted by atomic mass is 10.0. The van der Waals surface area contributed by atoms with Crippen molar-refractivity contribution >= 4 is 58.4 Å². The van der Waals surface area contributed by atoms with Gasteiger partial charge >= 0.3 is 30.3 Å². The smallest absolute Gasteiger partial charge is 0.475 e. The van der Waals surface area contributed by atoms with Crippen LogP contribution in [0.25, 0.3) is 0 Å². The third-order valence-corrected chi connectivity index (χ3v) is 6.38. The highest BCUT2D eigenvalue weighted by molar-refractivity contribution is 6.32. The van der Waals surface area contributed by atoms with Crippen LogP contribution in [0.15, 0.2) is 48.7 Å². The van der Waals surface area contributed by atoms with Gasteiger partial charge in [-0.1, -0.05) is 23.7 Å². The third kappa shape index (κ3) is 11.3. The Kier molecular flexibility index (Phi) is 12.0. The van der Waals surface area contributed by atoms with Gasteiger partial charge in [0.1, 0.15) is 5.02 Å². The highest BCUT2D eigenvalue weighted by atomic mass is 35.5. The van der Waals surface area contributed by atoms with Crippen LogP contribution in [0.3, 0.4) is 0 Å². The normalized spacial score (nSPS) is 15.3. The highest BCUT2D eigenvalue weighted by Gasteiger charge is 2.38. The quantitative estimate of drug-likeness (QED) is 0.172. The molecular formula is C27H26ClF6N7O5. The SMILES string of the molecule is O=C(Nc1ccc2cc1CCc1cccc(c1)Nc1ncc(Cl)c(n1)N2)N[C@H]1CCNC1.O=C(O)C(F)(F)F.O=C(O)C(F)(F)F. The van der Waals surface area contributed by atoms with Gasteiger partial charge in [0.05, 0.1) is 6.20 Å². The van der Waals surface area contributed by atoms with Gasteiger partial charge in [0.25, 0.3) is 0 Å². The van der Waals surface area contributed by atoms with E-state index < -0.39 is 24.3 Å². The Hall–Kier alpha value is -4.84. The van der Waals surface area contributed by atoms with Crippen molar-refractivity contribution in [3.8, 4) is 0 Å². The molecule has 46 heavy (non-hydrogen) atoms. The van der Waals surface area contributed by atoms with Crippen molar-refractivity contribution in [2.24, 2.45) is 0 Å². The second-order valence-electron chi connectivity index (χ2n) is 9.61. The molecule has 19 heteroatoms. The van der Waals surface area contributed by atoms with E-state index in [9.17, 15) is 31.1 Å². The van der Waals surface area contributed by atoms with Crippen LogP contribution >= 0.6 is 11.6 Å². The summed E-state index contributed by atoms with van der Waals surface area (Å²) in [6, 6.07) is 14.0. The van der Waals surface area contributed by atoms with Crippen LogP contribution in [0.5, 0.6) is 0 Å². The molecule has 248 valence electrons. The average molecular weight is 678 g/mol. The Morgan fingerprint density at radius 2 is 1.57 bits per heavy atom. The minimum Gasteiger partial charge on any atom is -0.475 e. The standard InChI is InChI=1S/C23H24ClN7O.2C2HF3O2/c24-19-13-26-22-28-16-3-1-2-14(10-16)4-5-15-11-17(27-21(19)31-22)6-7-20(15)30-23(32)29-18-8-9-25-12-18;2*3-2(4,5)1(6)7/h1-3,6-7,10-11,13,18,25H,4-5,8-9,12H2,(H2,29,30,32)(H2,26,27,28,31);2*(H,6,7)/t18-;;/m0../s1. The third-order valence-electron chi connectivity index (χ3n) is 6.11. The zero-order chi connectivity index (χ0) is 34.1. The molecule has 0 unspecified atom stereocenters. The van der Waals surface area contributed by atoms with E-state index in [1.807, 2.05) is 30.3 Å². The van der Waals surface area contributed by atoms with Gasteiger partial charge in [-0.15, -0.1) is 0 Å². The molecule has 6 bridgehead atoms. The summed E-state index contributed by atoms with van der Waals surface area (Å²) >= 11 is 6.33. The van der Waals surface area contributed by atoms with Crippen LogP contribution in [0.4, 0.5) is 60.0 Å². The summed E-state index contributed by atoms with van der Waals surface area (Å²) in [6.45, 7) is 1.73. The van der Waals surface area contributed by atoms with E-state index >= 15 is 0 Å². The van der Waals surface area contributed by atoms with Gasteiger partial charge in [0.15, 0.2) is 5.82 Å². The number of benzene rings is 2. The Morgan fingerprint density at radius 3 is 2.17 bits per heavy atom. The summed E-state index contributed by atoms with van der Waals surface area (Å²) in [5.74, 6) is -4.54. The van der Waals surface area contributed by atoms with E-state index in [1.165, 1.54) is 5.56 Å². The molecular weight excluding hydrogens is 652 g/mol. The van der Waals surface area contributed by atoms with E-state index in [0.717, 1.165) is 55.0 Å². The van der Waals surface area contributed by atoms with Crippen LogP contribution in [0.1, 0.15) is 17.5 Å². The summed E-state index contributed by atoms with van der Waals surface area (Å²) in [4.78, 5) is 39.2. The molecule has 1 aromatic heterocycles. The number of carboxylic acids is 2. The van der Waals surface area contributed by atoms with Crippen LogP contribution in [-0.2, 0) is 22.4 Å². The molecule has 0 saturated carbocycles. The lowest BCUT2D eigenvalue weighted by Crippen LogP contribution is -2.39. The Bertz CT molecular complexity index is 1530. The minimum atomic E-state index is -5.08. The number of carboxylic acid groups (broad SMARTS) is 2. The fourth-order valence-electron chi connectivity index (χ4n) is 3.99. The lowest BCUT2D eigenvalue weighted by Gasteiger charge is -2.16. The first-order valence-electron chi connectivity index (χ1n) is 13.2. The van der Waals surface area contributed by atoms with Crippen molar-refractivity contribution in [3.05, 3.63) is 64.8 Å². The number of halogens is 7. The second kappa shape index (κ2) is 15.4. The number of aliphatic carboxylic acids is 2. The van der Waals surface area contributed by atoms with Gasteiger partial charge in [-0.05, 0) is 67.3 Å². The van der Waals surface area contributed by atoms with Crippen molar-refractivity contribution in [1.82, 2.24) is 20.6 Å². The monoisotopic (exact) mass is 677 g/mol. The fourth-order valence-corrected chi connectivity index (χ4v) is 4.12. The molecule has 1 saturated heterocycles. The van der Waals surface area contributed by atoms with Crippen molar-refractivity contribution in [2.45, 2.75) is 37.7 Å². The minimum absolute atomic E-state index is 0.158. The van der Waals surface area contributed by atoms with Crippen molar-refractivity contribution in [1.29, 1.82) is 0 Å². The van der Waals surface area contributed by atoms with E-state index in [1.54, 1.807) is 6.20 Å². The van der Waals surface area contributed by atoms with Crippen LogP contribution in [0, 0.1) is 0 Å². The molecule has 2 aliphatic rings. The average Bonchev–Trinajstić information content (AvgIpc) is 3.47. The van der Waals surface area contributed by atoms with Crippen LogP contribution in [-0.4, -0.2) is 69.6 Å². The maximum Gasteiger partial charge on any atom is 0.490 e. The second-order valence-corrected chi connectivity index (χ2v) is 10.0. The molecule has 3 aromatic rings. The zero-order valence-corrected chi connectivity index (χ0v) is 24.1. The first-order chi connectivity index (χ1) is 21.5. The van der Waals surface area contributed by atoms with Gasteiger partial charge in [-0.25, -0.2) is 19.4 Å². The molecule has 7 N–H and O–H groups in total. The summed E-state index contributed by atoms with van der Waals surface area (Å²) in [5, 5.41) is 30.5. The Balaban J connectivity index is 0.000000345. The van der Waals surface area contributed by atoms with Gasteiger partial charge in [0, 0.05) is 29.6 Å². The molecule has 2 amide bonds. The molecule has 0 radical (unpaired) electrons. The number of alkyl halides is 6. The first-order valence-corrected chi connectivity index (χ1v) is 13.6. The van der Waals surface area contributed by atoms with Gasteiger partial charge in [-0.3, -0.25) is 0 Å². The number of anilines is 5. The lowest BCUT2D eigenvalue weighted by molar-refractivity contribution is -0.193. The zero-order valence-electron chi connectivity index (χ0n) is 23.4.